The standard InChI is InChI=1S/C8H11NO4/c1-3-8(12-2)7(11)9-5(10)4-6(9)13-8/h3,6-7,11H,1,4H2,2H3/t6-,7?,8?/m1/s1. The summed E-state index contributed by atoms with van der Waals surface area (Å²) in [5.74, 6) is -1.38. The Balaban J connectivity index is 2.26. The average Bonchev–Trinajstić information content (AvgIpc) is 2.33. The zero-order chi connectivity index (χ0) is 9.64. The minimum atomic E-state index is -1.25. The molecule has 0 aliphatic carbocycles. The van der Waals surface area contributed by atoms with E-state index >= 15 is 0 Å². The van der Waals surface area contributed by atoms with Crippen molar-refractivity contribution in [3.63, 3.8) is 0 Å². The Labute approximate surface area is 75.5 Å². The molecular weight excluding hydrogens is 174 g/mol. The van der Waals surface area contributed by atoms with Crippen LogP contribution < -0.4 is 0 Å². The quantitative estimate of drug-likeness (QED) is 0.462. The van der Waals surface area contributed by atoms with Gasteiger partial charge in [-0.1, -0.05) is 6.58 Å². The number of hydrogen-bond acceptors (Lipinski definition) is 4. The van der Waals surface area contributed by atoms with Crippen molar-refractivity contribution in [2.24, 2.45) is 0 Å². The van der Waals surface area contributed by atoms with Gasteiger partial charge in [0.1, 0.15) is 6.23 Å². The van der Waals surface area contributed by atoms with E-state index in [9.17, 15) is 9.90 Å². The number of nitrogens with zero attached hydrogens (tertiary/aromatic N) is 1. The maximum Gasteiger partial charge on any atom is 0.235 e. The van der Waals surface area contributed by atoms with E-state index in [-0.39, 0.29) is 12.1 Å². The first-order chi connectivity index (χ1) is 6.14. The molecule has 3 atom stereocenters. The Morgan fingerprint density at radius 2 is 2.62 bits per heavy atom. The number of aliphatic hydroxyl groups excluding tert-OH is 1. The number of methoxy groups -OCH3 is 1. The summed E-state index contributed by atoms with van der Waals surface area (Å²) < 4.78 is 10.3. The molecule has 2 unspecified atom stereocenters. The number of rotatable bonds is 2. The third-order valence-corrected chi connectivity index (χ3v) is 2.49. The molecule has 2 rings (SSSR count). The van der Waals surface area contributed by atoms with Crippen molar-refractivity contribution in [1.82, 2.24) is 4.90 Å². The summed E-state index contributed by atoms with van der Waals surface area (Å²) >= 11 is 0. The van der Waals surface area contributed by atoms with Crippen LogP contribution in [0.1, 0.15) is 6.42 Å². The molecule has 2 aliphatic rings. The number of carbonyl (C=O) groups is 1. The summed E-state index contributed by atoms with van der Waals surface area (Å²) in [6, 6.07) is 0. The lowest BCUT2D eigenvalue weighted by Gasteiger charge is -2.33. The van der Waals surface area contributed by atoms with E-state index in [2.05, 4.69) is 6.58 Å². The summed E-state index contributed by atoms with van der Waals surface area (Å²) in [6.45, 7) is 3.51. The maximum absolute atomic E-state index is 11.0. The van der Waals surface area contributed by atoms with Gasteiger partial charge in [0.15, 0.2) is 6.23 Å². The van der Waals surface area contributed by atoms with Gasteiger partial charge in [-0.3, -0.25) is 9.69 Å². The smallest absolute Gasteiger partial charge is 0.235 e. The zero-order valence-electron chi connectivity index (χ0n) is 7.27. The van der Waals surface area contributed by atoms with Crippen LogP contribution in [0.15, 0.2) is 12.7 Å². The van der Waals surface area contributed by atoms with Crippen molar-refractivity contribution < 1.29 is 19.4 Å². The molecule has 5 nitrogen and oxygen atoms in total. The Morgan fingerprint density at radius 1 is 1.92 bits per heavy atom. The summed E-state index contributed by atoms with van der Waals surface area (Å²) in [4.78, 5) is 12.3. The molecule has 72 valence electrons. The van der Waals surface area contributed by atoms with Crippen LogP contribution >= 0.6 is 0 Å². The Kier molecular flexibility index (Phi) is 1.69. The van der Waals surface area contributed by atoms with E-state index in [4.69, 9.17) is 9.47 Å². The number of β-lactam (4-membered cyclic amide) rings is 1. The SMILES string of the molecule is C=CC1(OC)O[C@@H]2CC(=O)N2C1O. The molecule has 13 heavy (non-hydrogen) atoms. The van der Waals surface area contributed by atoms with Gasteiger partial charge in [0.25, 0.3) is 0 Å². The van der Waals surface area contributed by atoms with Crippen molar-refractivity contribution in [2.75, 3.05) is 7.11 Å². The van der Waals surface area contributed by atoms with Crippen LogP contribution in [0.5, 0.6) is 0 Å². The third kappa shape index (κ3) is 0.890. The van der Waals surface area contributed by atoms with Gasteiger partial charge < -0.3 is 14.6 Å². The molecule has 5 heteroatoms. The van der Waals surface area contributed by atoms with Crippen molar-refractivity contribution in [2.45, 2.75) is 24.7 Å². The molecule has 0 bridgehead atoms. The number of fused-ring (bicyclic) bond motifs is 1. The van der Waals surface area contributed by atoms with Crippen LogP contribution in [-0.2, 0) is 14.3 Å². The van der Waals surface area contributed by atoms with E-state index in [0.29, 0.717) is 6.42 Å². The van der Waals surface area contributed by atoms with Crippen LogP contribution in [0.25, 0.3) is 0 Å². The summed E-state index contributed by atoms with van der Waals surface area (Å²) in [6.07, 6.45) is 0.223. The highest BCUT2D eigenvalue weighted by Crippen LogP contribution is 2.40. The fourth-order valence-corrected chi connectivity index (χ4v) is 1.65. The fraction of sp³-hybridized carbons (Fsp3) is 0.625. The monoisotopic (exact) mass is 185 g/mol. The summed E-state index contributed by atoms with van der Waals surface area (Å²) in [7, 11) is 1.40. The lowest BCUT2D eigenvalue weighted by Crippen LogP contribution is -2.54. The molecule has 2 heterocycles. The fourth-order valence-electron chi connectivity index (χ4n) is 1.65. The number of amides is 1. The molecule has 2 saturated heterocycles. The average molecular weight is 185 g/mol. The van der Waals surface area contributed by atoms with Gasteiger partial charge in [-0.15, -0.1) is 0 Å². The number of hydrogen-bond donors (Lipinski definition) is 1. The third-order valence-electron chi connectivity index (χ3n) is 2.49. The highest BCUT2D eigenvalue weighted by Gasteiger charge is 2.59. The molecule has 0 aromatic carbocycles. The van der Waals surface area contributed by atoms with Crippen LogP contribution in [0.2, 0.25) is 0 Å². The normalized spacial score (nSPS) is 42.9. The van der Waals surface area contributed by atoms with Crippen molar-refractivity contribution in [3.05, 3.63) is 12.7 Å². The molecule has 2 fully saturated rings. The van der Waals surface area contributed by atoms with Gasteiger partial charge in [-0.05, 0) is 6.08 Å². The van der Waals surface area contributed by atoms with Gasteiger partial charge in [0.05, 0.1) is 6.42 Å². The molecular formula is C8H11NO4. The predicted molar refractivity (Wildman–Crippen MR) is 42.3 cm³/mol. The first-order valence-corrected chi connectivity index (χ1v) is 4.00. The van der Waals surface area contributed by atoms with E-state index in [0.717, 1.165) is 0 Å². The van der Waals surface area contributed by atoms with Crippen molar-refractivity contribution in [3.8, 4) is 0 Å². The first-order valence-electron chi connectivity index (χ1n) is 4.00. The minimum absolute atomic E-state index is 0.127. The Hall–Kier alpha value is -0.910. The van der Waals surface area contributed by atoms with Crippen LogP contribution in [0.4, 0.5) is 0 Å². The summed E-state index contributed by atoms with van der Waals surface area (Å²) in [5, 5.41) is 9.68. The van der Waals surface area contributed by atoms with Gasteiger partial charge in [0.2, 0.25) is 11.7 Å². The second-order valence-corrected chi connectivity index (χ2v) is 3.08. The molecule has 0 aromatic rings. The Bertz CT molecular complexity index is 267. The predicted octanol–water partition coefficient (Wildman–Crippen LogP) is -0.578. The number of carbonyl (C=O) groups excluding carboxylic acids is 1. The molecule has 1 amide bonds. The van der Waals surface area contributed by atoms with E-state index < -0.39 is 12.0 Å². The van der Waals surface area contributed by atoms with E-state index in [1.54, 1.807) is 0 Å². The van der Waals surface area contributed by atoms with Gasteiger partial charge >= 0.3 is 0 Å². The van der Waals surface area contributed by atoms with Crippen LogP contribution in [0, 0.1) is 0 Å². The zero-order valence-corrected chi connectivity index (χ0v) is 7.27. The second kappa shape index (κ2) is 2.54. The van der Waals surface area contributed by atoms with E-state index in [1.165, 1.54) is 18.1 Å². The van der Waals surface area contributed by atoms with Gasteiger partial charge in [0, 0.05) is 7.11 Å². The van der Waals surface area contributed by atoms with Crippen molar-refractivity contribution >= 4 is 5.91 Å². The largest absolute Gasteiger partial charge is 0.368 e. The Morgan fingerprint density at radius 3 is 3.00 bits per heavy atom. The molecule has 2 aliphatic heterocycles. The first kappa shape index (κ1) is 8.68. The topological polar surface area (TPSA) is 59.0 Å². The van der Waals surface area contributed by atoms with E-state index in [1.807, 2.05) is 0 Å². The van der Waals surface area contributed by atoms with Crippen LogP contribution in [0.3, 0.4) is 0 Å². The lowest BCUT2D eigenvalue weighted by molar-refractivity contribution is -0.209. The number of ether oxygens (including phenoxy) is 2. The highest BCUT2D eigenvalue weighted by atomic mass is 16.7. The second-order valence-electron chi connectivity index (χ2n) is 3.08. The molecule has 1 N–H and O–H groups in total. The molecule has 0 radical (unpaired) electrons. The lowest BCUT2D eigenvalue weighted by atomic mass is 10.1. The molecule has 0 saturated carbocycles. The highest BCUT2D eigenvalue weighted by molar-refractivity contribution is 5.83. The van der Waals surface area contributed by atoms with Gasteiger partial charge in [-0.2, -0.15) is 0 Å². The minimum Gasteiger partial charge on any atom is -0.368 e. The van der Waals surface area contributed by atoms with Crippen LogP contribution in [-0.4, -0.2) is 41.3 Å². The molecule has 0 spiro atoms. The summed E-state index contributed by atoms with van der Waals surface area (Å²) in [5.41, 5.74) is 0. The molecule has 0 aromatic heterocycles. The maximum atomic E-state index is 11.0. The van der Waals surface area contributed by atoms with Gasteiger partial charge in [-0.25, -0.2) is 0 Å². The van der Waals surface area contributed by atoms with Crippen molar-refractivity contribution in [1.29, 1.82) is 0 Å². The number of aliphatic hydroxyl groups is 1.